The Morgan fingerprint density at radius 2 is 1.50 bits per heavy atom. The first-order chi connectivity index (χ1) is 3.29. The minimum absolute atomic E-state index is 0. The second-order valence-corrected chi connectivity index (χ2v) is 3.28. The Kier molecular flexibility index (Phi) is 3.86. The molecule has 0 amide bonds. The second kappa shape index (κ2) is 3.59. The summed E-state index contributed by atoms with van der Waals surface area (Å²) in [5.41, 5.74) is 0. The Balaban J connectivity index is 0.000000490. The minimum atomic E-state index is 0. The predicted molar refractivity (Wildman–Crippen MR) is 40.4 cm³/mol. The summed E-state index contributed by atoms with van der Waals surface area (Å²) in [5.74, 6) is 0. The zero-order chi connectivity index (χ0) is 5.28. The summed E-state index contributed by atoms with van der Waals surface area (Å²) in [6.45, 7) is 0. The average Bonchev–Trinajstić information content (AvgIpc) is 1.87. The van der Waals surface area contributed by atoms with E-state index >= 15 is 0 Å². The molecule has 0 fully saturated rings. The smallest absolute Gasteiger partial charge is 0.175 e. The molecule has 0 spiro atoms. The van der Waals surface area contributed by atoms with E-state index in [0.717, 1.165) is 0 Å². The molecule has 0 saturated carbocycles. The summed E-state index contributed by atoms with van der Waals surface area (Å²) in [5, 5.41) is 5.34. The third-order valence-electron chi connectivity index (χ3n) is 0.452. The van der Waals surface area contributed by atoms with Crippen LogP contribution in [0.2, 0.25) is 0 Å². The molecule has 1 aromatic heterocycles. The maximum absolute atomic E-state index is 4.70. The summed E-state index contributed by atoms with van der Waals surface area (Å²) >= 11 is 10.8. The van der Waals surface area contributed by atoms with Crippen LogP contribution in [0.3, 0.4) is 0 Å². The van der Waals surface area contributed by atoms with Crippen LogP contribution in [0.25, 0.3) is 0 Å². The molecule has 6 heteroatoms. The first-order valence-electron chi connectivity index (χ1n) is 1.57. The van der Waals surface area contributed by atoms with Crippen LogP contribution in [0, 0.1) is 7.91 Å². The van der Waals surface area contributed by atoms with E-state index in [1.165, 1.54) is 11.3 Å². The van der Waals surface area contributed by atoms with Gasteiger partial charge >= 0.3 is 0 Å². The van der Waals surface area contributed by atoms with Gasteiger partial charge in [-0.15, -0.1) is 0 Å². The summed E-state index contributed by atoms with van der Waals surface area (Å²) in [4.78, 5) is 0. The van der Waals surface area contributed by atoms with Crippen molar-refractivity contribution in [1.29, 1.82) is 0 Å². The van der Waals surface area contributed by atoms with Gasteiger partial charge in [0.2, 0.25) is 0 Å². The van der Waals surface area contributed by atoms with Gasteiger partial charge in [-0.1, -0.05) is 11.3 Å². The molecule has 0 atom stereocenters. The van der Waals surface area contributed by atoms with Crippen LogP contribution in [-0.4, -0.2) is 29.1 Å². The van der Waals surface area contributed by atoms with Gasteiger partial charge in [0.15, 0.2) is 7.91 Å². The van der Waals surface area contributed by atoms with Gasteiger partial charge in [-0.25, -0.2) is 0 Å². The van der Waals surface area contributed by atoms with E-state index in [-0.39, 0.29) is 18.9 Å². The number of aromatic amines is 2. The molecule has 39 valence electrons. The van der Waals surface area contributed by atoms with Crippen molar-refractivity contribution in [2.24, 2.45) is 0 Å². The molecule has 1 radical (unpaired) electrons. The molecule has 0 unspecified atom stereocenters. The topological polar surface area (TPSA) is 31.6 Å². The Hall–Kier alpha value is 0.597. The van der Waals surface area contributed by atoms with Crippen LogP contribution in [0.5, 0.6) is 0 Å². The number of hydrogen-bond acceptors (Lipinski definition) is 3. The van der Waals surface area contributed by atoms with Crippen LogP contribution in [0.15, 0.2) is 0 Å². The van der Waals surface area contributed by atoms with Gasteiger partial charge in [-0.2, -0.15) is 0 Å². The standard InChI is InChI=1S/C2H2N2S3.Li/c5-1-3-4-2(6)7-1;/h(H,3,5)(H,4,6);. The summed E-state index contributed by atoms with van der Waals surface area (Å²) in [6, 6.07) is 0. The monoisotopic (exact) mass is 157 g/mol. The largest absolute Gasteiger partial charge is 0.281 e. The molecule has 0 aliphatic carbocycles. The Morgan fingerprint density at radius 3 is 1.62 bits per heavy atom. The first kappa shape index (κ1) is 8.60. The van der Waals surface area contributed by atoms with E-state index in [4.69, 9.17) is 24.4 Å². The van der Waals surface area contributed by atoms with Crippen molar-refractivity contribution < 1.29 is 0 Å². The molecule has 0 aromatic carbocycles. The number of nitrogens with one attached hydrogen (secondary N) is 2. The Labute approximate surface area is 72.5 Å². The molecule has 2 N–H and O–H groups in total. The Bertz CT molecular complexity index is 220. The molecule has 1 heterocycles. The van der Waals surface area contributed by atoms with Crippen LogP contribution in [0.4, 0.5) is 0 Å². The average molecular weight is 157 g/mol. The molecule has 0 aliphatic rings. The summed E-state index contributed by atoms with van der Waals surface area (Å²) in [7, 11) is 0. The van der Waals surface area contributed by atoms with Gasteiger partial charge in [0.1, 0.15) is 0 Å². The molecule has 0 aliphatic heterocycles. The van der Waals surface area contributed by atoms with Crippen molar-refractivity contribution in [2.75, 3.05) is 0 Å². The van der Waals surface area contributed by atoms with Gasteiger partial charge in [-0.05, 0) is 24.4 Å². The zero-order valence-electron chi connectivity index (χ0n) is 4.22. The first-order valence-corrected chi connectivity index (χ1v) is 3.20. The fourth-order valence-electron chi connectivity index (χ4n) is 0.237. The quantitative estimate of drug-likeness (QED) is 0.441. The zero-order valence-corrected chi connectivity index (χ0v) is 6.67. The van der Waals surface area contributed by atoms with Crippen LogP contribution < -0.4 is 0 Å². The van der Waals surface area contributed by atoms with Crippen molar-refractivity contribution in [3.8, 4) is 0 Å². The van der Waals surface area contributed by atoms with Crippen LogP contribution in [0.1, 0.15) is 0 Å². The molecular formula is C2H2LiN2S3. The fourth-order valence-corrected chi connectivity index (χ4v) is 1.37. The number of hydrogen-bond donors (Lipinski definition) is 2. The van der Waals surface area contributed by atoms with E-state index in [9.17, 15) is 0 Å². The molecular weight excluding hydrogens is 155 g/mol. The van der Waals surface area contributed by atoms with E-state index in [2.05, 4.69) is 10.2 Å². The van der Waals surface area contributed by atoms with Gasteiger partial charge in [-0.3, -0.25) is 10.2 Å². The van der Waals surface area contributed by atoms with Gasteiger partial charge < -0.3 is 0 Å². The summed E-state index contributed by atoms with van der Waals surface area (Å²) < 4.78 is 1.40. The third-order valence-corrected chi connectivity index (χ3v) is 1.73. The van der Waals surface area contributed by atoms with Crippen LogP contribution >= 0.6 is 35.8 Å². The third kappa shape index (κ3) is 2.24. The van der Waals surface area contributed by atoms with Crippen molar-refractivity contribution in [2.45, 2.75) is 0 Å². The number of aromatic nitrogens is 2. The van der Waals surface area contributed by atoms with Crippen molar-refractivity contribution in [1.82, 2.24) is 10.2 Å². The van der Waals surface area contributed by atoms with E-state index in [1.54, 1.807) is 0 Å². The van der Waals surface area contributed by atoms with Gasteiger partial charge in [0.25, 0.3) is 0 Å². The minimum Gasteiger partial charge on any atom is -0.281 e. The van der Waals surface area contributed by atoms with Gasteiger partial charge in [0.05, 0.1) is 0 Å². The molecule has 8 heavy (non-hydrogen) atoms. The Morgan fingerprint density at radius 1 is 1.12 bits per heavy atom. The van der Waals surface area contributed by atoms with Crippen molar-refractivity contribution in [3.05, 3.63) is 7.91 Å². The molecule has 2 nitrogen and oxygen atoms in total. The van der Waals surface area contributed by atoms with E-state index < -0.39 is 0 Å². The SMILES string of the molecule is S=c1[nH][nH]c(=S)s1.[Li]. The number of rotatable bonds is 0. The molecule has 1 aromatic rings. The molecule has 0 bridgehead atoms. The second-order valence-electron chi connectivity index (χ2n) is 0.927. The normalized spacial score (nSPS) is 8.00. The van der Waals surface area contributed by atoms with Crippen molar-refractivity contribution >= 4 is 54.6 Å². The van der Waals surface area contributed by atoms with E-state index in [1.807, 2.05) is 0 Å². The molecule has 0 saturated heterocycles. The fraction of sp³-hybridized carbons (Fsp3) is 0. The maximum Gasteiger partial charge on any atom is 0.175 e. The molecule has 1 rings (SSSR count). The van der Waals surface area contributed by atoms with Gasteiger partial charge in [0, 0.05) is 18.9 Å². The van der Waals surface area contributed by atoms with E-state index in [0.29, 0.717) is 7.91 Å². The predicted octanol–water partition coefficient (Wildman–Crippen LogP) is 1.48. The summed E-state index contributed by atoms with van der Waals surface area (Å²) in [6.07, 6.45) is 0. The number of H-pyrrole nitrogens is 2. The van der Waals surface area contributed by atoms with Crippen LogP contribution in [-0.2, 0) is 0 Å². The maximum atomic E-state index is 4.70. The van der Waals surface area contributed by atoms with Crippen molar-refractivity contribution in [3.63, 3.8) is 0 Å².